The molecule has 0 aliphatic heterocycles. The number of anilines is 1. The average molecular weight is 261 g/mol. The van der Waals surface area contributed by atoms with Crippen LogP contribution in [0.25, 0.3) is 0 Å². The number of halogens is 1. The molecule has 1 N–H and O–H groups in total. The van der Waals surface area contributed by atoms with Crippen LogP contribution in [0, 0.1) is 15.9 Å². The second kappa shape index (κ2) is 5.43. The monoisotopic (exact) mass is 261 g/mol. The highest BCUT2D eigenvalue weighted by Gasteiger charge is 2.18. The molecule has 1 aromatic carbocycles. The third-order valence-electron chi connectivity index (χ3n) is 2.71. The van der Waals surface area contributed by atoms with Crippen LogP contribution >= 0.6 is 0 Å². The standard InChI is InChI=1S/C13H12FN3O2/c1-9(10-5-2-3-6-11(10)14)16-13-12(17(18)19)7-4-8-15-13/h2-9H,1H3,(H,15,16). The maximum absolute atomic E-state index is 13.6. The Balaban J connectivity index is 2.27. The third-order valence-corrected chi connectivity index (χ3v) is 2.71. The van der Waals surface area contributed by atoms with Crippen LogP contribution in [0.4, 0.5) is 15.9 Å². The Morgan fingerprint density at radius 2 is 2.05 bits per heavy atom. The number of rotatable bonds is 4. The Kier molecular flexibility index (Phi) is 3.70. The molecule has 98 valence electrons. The van der Waals surface area contributed by atoms with E-state index in [1.165, 1.54) is 24.4 Å². The molecule has 0 amide bonds. The Labute approximate surface area is 109 Å². The van der Waals surface area contributed by atoms with Gasteiger partial charge < -0.3 is 5.32 Å². The number of benzene rings is 1. The van der Waals surface area contributed by atoms with Gasteiger partial charge in [0.05, 0.1) is 11.0 Å². The van der Waals surface area contributed by atoms with Gasteiger partial charge in [0.25, 0.3) is 0 Å². The molecule has 0 bridgehead atoms. The number of nitro groups is 1. The first-order chi connectivity index (χ1) is 9.09. The molecule has 1 atom stereocenters. The van der Waals surface area contributed by atoms with Gasteiger partial charge in [-0.05, 0) is 19.1 Å². The van der Waals surface area contributed by atoms with Gasteiger partial charge in [-0.25, -0.2) is 9.37 Å². The summed E-state index contributed by atoms with van der Waals surface area (Å²) in [6.07, 6.45) is 1.45. The highest BCUT2D eigenvalue weighted by molar-refractivity contribution is 5.56. The van der Waals surface area contributed by atoms with E-state index in [0.29, 0.717) is 5.56 Å². The van der Waals surface area contributed by atoms with E-state index in [1.807, 2.05) is 0 Å². The first-order valence-corrected chi connectivity index (χ1v) is 5.70. The molecule has 6 heteroatoms. The van der Waals surface area contributed by atoms with Crippen LogP contribution in [-0.2, 0) is 0 Å². The molecular weight excluding hydrogens is 249 g/mol. The zero-order chi connectivity index (χ0) is 13.8. The van der Waals surface area contributed by atoms with E-state index >= 15 is 0 Å². The van der Waals surface area contributed by atoms with Crippen molar-refractivity contribution in [3.63, 3.8) is 0 Å². The van der Waals surface area contributed by atoms with E-state index < -0.39 is 11.0 Å². The number of nitrogens with one attached hydrogen (secondary N) is 1. The summed E-state index contributed by atoms with van der Waals surface area (Å²) < 4.78 is 13.6. The van der Waals surface area contributed by atoms with Crippen molar-refractivity contribution in [3.8, 4) is 0 Å². The van der Waals surface area contributed by atoms with Gasteiger partial charge in [0.1, 0.15) is 5.82 Å². The largest absolute Gasteiger partial charge is 0.358 e. The van der Waals surface area contributed by atoms with Crippen molar-refractivity contribution in [3.05, 3.63) is 64.1 Å². The Hall–Kier alpha value is -2.50. The fourth-order valence-electron chi connectivity index (χ4n) is 1.76. The van der Waals surface area contributed by atoms with Crippen LogP contribution in [0.2, 0.25) is 0 Å². The SMILES string of the molecule is CC(Nc1ncccc1[N+](=O)[O-])c1ccccc1F. The second-order valence-corrected chi connectivity index (χ2v) is 4.02. The van der Waals surface area contributed by atoms with E-state index in [9.17, 15) is 14.5 Å². The molecule has 1 heterocycles. The van der Waals surface area contributed by atoms with E-state index in [4.69, 9.17) is 0 Å². The van der Waals surface area contributed by atoms with Crippen molar-refractivity contribution >= 4 is 11.5 Å². The molecule has 1 unspecified atom stereocenters. The lowest BCUT2D eigenvalue weighted by Crippen LogP contribution is -2.11. The Morgan fingerprint density at radius 3 is 2.74 bits per heavy atom. The van der Waals surface area contributed by atoms with Gasteiger partial charge in [-0.3, -0.25) is 10.1 Å². The molecular formula is C13H12FN3O2. The summed E-state index contributed by atoms with van der Waals surface area (Å²) >= 11 is 0. The second-order valence-electron chi connectivity index (χ2n) is 4.02. The first kappa shape index (κ1) is 12.9. The van der Waals surface area contributed by atoms with Crippen LogP contribution in [0.15, 0.2) is 42.6 Å². The van der Waals surface area contributed by atoms with Gasteiger partial charge in [0.15, 0.2) is 0 Å². The predicted molar refractivity (Wildman–Crippen MR) is 69.3 cm³/mol. The number of hydrogen-bond donors (Lipinski definition) is 1. The Bertz CT molecular complexity index is 604. The summed E-state index contributed by atoms with van der Waals surface area (Å²) in [5.41, 5.74) is 0.299. The Morgan fingerprint density at radius 1 is 1.32 bits per heavy atom. The van der Waals surface area contributed by atoms with Crippen LogP contribution in [0.1, 0.15) is 18.5 Å². The molecule has 2 rings (SSSR count). The summed E-state index contributed by atoms with van der Waals surface area (Å²) in [5, 5.41) is 13.7. The van der Waals surface area contributed by atoms with Crippen molar-refractivity contribution in [2.75, 3.05) is 5.32 Å². The lowest BCUT2D eigenvalue weighted by molar-refractivity contribution is -0.384. The van der Waals surface area contributed by atoms with Crippen LogP contribution in [0.3, 0.4) is 0 Å². The number of aromatic nitrogens is 1. The average Bonchev–Trinajstić information content (AvgIpc) is 2.39. The van der Waals surface area contributed by atoms with E-state index in [2.05, 4.69) is 10.3 Å². The van der Waals surface area contributed by atoms with Crippen molar-refractivity contribution in [2.45, 2.75) is 13.0 Å². The van der Waals surface area contributed by atoms with Gasteiger partial charge >= 0.3 is 5.69 Å². The zero-order valence-electron chi connectivity index (χ0n) is 10.2. The molecule has 0 saturated heterocycles. The summed E-state index contributed by atoms with van der Waals surface area (Å²) in [6, 6.07) is 8.69. The summed E-state index contributed by atoms with van der Waals surface area (Å²) in [4.78, 5) is 14.3. The minimum atomic E-state index is -0.524. The minimum absolute atomic E-state index is 0.128. The van der Waals surface area contributed by atoms with Crippen molar-refractivity contribution in [1.29, 1.82) is 0 Å². The molecule has 0 aliphatic carbocycles. The molecule has 0 saturated carbocycles. The summed E-state index contributed by atoms with van der Waals surface area (Å²) in [6.45, 7) is 1.72. The molecule has 5 nitrogen and oxygen atoms in total. The van der Waals surface area contributed by atoms with Crippen molar-refractivity contribution in [2.24, 2.45) is 0 Å². The van der Waals surface area contributed by atoms with E-state index in [-0.39, 0.29) is 17.3 Å². The fourth-order valence-corrected chi connectivity index (χ4v) is 1.76. The fraction of sp³-hybridized carbons (Fsp3) is 0.154. The van der Waals surface area contributed by atoms with Gasteiger partial charge in [-0.2, -0.15) is 0 Å². The van der Waals surface area contributed by atoms with Crippen LogP contribution < -0.4 is 5.32 Å². The smallest absolute Gasteiger partial charge is 0.311 e. The maximum atomic E-state index is 13.6. The molecule has 0 fully saturated rings. The first-order valence-electron chi connectivity index (χ1n) is 5.70. The highest BCUT2D eigenvalue weighted by atomic mass is 19.1. The number of nitrogens with zero attached hydrogens (tertiary/aromatic N) is 2. The highest BCUT2D eigenvalue weighted by Crippen LogP contribution is 2.26. The molecule has 0 aliphatic rings. The van der Waals surface area contributed by atoms with Gasteiger partial charge in [0, 0.05) is 17.8 Å². The van der Waals surface area contributed by atoms with Gasteiger partial charge in [0.2, 0.25) is 5.82 Å². The molecule has 0 radical (unpaired) electrons. The quantitative estimate of drug-likeness (QED) is 0.677. The third kappa shape index (κ3) is 2.85. The van der Waals surface area contributed by atoms with E-state index in [0.717, 1.165) is 0 Å². The van der Waals surface area contributed by atoms with Gasteiger partial charge in [-0.15, -0.1) is 0 Å². The van der Waals surface area contributed by atoms with Crippen LogP contribution in [-0.4, -0.2) is 9.91 Å². The molecule has 19 heavy (non-hydrogen) atoms. The molecule has 2 aromatic rings. The van der Waals surface area contributed by atoms with Gasteiger partial charge in [-0.1, -0.05) is 18.2 Å². The topological polar surface area (TPSA) is 68.1 Å². The number of hydrogen-bond acceptors (Lipinski definition) is 4. The molecule has 1 aromatic heterocycles. The summed E-state index contributed by atoms with van der Waals surface area (Å²) in [7, 11) is 0. The number of pyridine rings is 1. The lowest BCUT2D eigenvalue weighted by Gasteiger charge is -2.15. The van der Waals surface area contributed by atoms with Crippen molar-refractivity contribution < 1.29 is 9.31 Å². The normalized spacial score (nSPS) is 11.9. The zero-order valence-corrected chi connectivity index (χ0v) is 10.2. The van der Waals surface area contributed by atoms with E-state index in [1.54, 1.807) is 25.1 Å². The maximum Gasteiger partial charge on any atom is 0.311 e. The van der Waals surface area contributed by atoms with Crippen LogP contribution in [0.5, 0.6) is 0 Å². The predicted octanol–water partition coefficient (Wildman–Crippen LogP) is 3.30. The lowest BCUT2D eigenvalue weighted by atomic mass is 10.1. The minimum Gasteiger partial charge on any atom is -0.358 e. The molecule has 0 spiro atoms. The summed E-state index contributed by atoms with van der Waals surface area (Å²) in [5.74, 6) is -0.232. The van der Waals surface area contributed by atoms with Crippen molar-refractivity contribution in [1.82, 2.24) is 4.98 Å².